The monoisotopic (exact) mass is 284 g/mol. The molecular formula is C16H13FN2O2. The van der Waals surface area contributed by atoms with Crippen molar-refractivity contribution < 1.29 is 14.3 Å². The molecule has 1 heterocycles. The van der Waals surface area contributed by atoms with Gasteiger partial charge in [-0.15, -0.1) is 0 Å². The summed E-state index contributed by atoms with van der Waals surface area (Å²) in [5.74, 6) is -1.15. The maximum absolute atomic E-state index is 13.7. The van der Waals surface area contributed by atoms with Crippen LogP contribution < -0.4 is 0 Å². The second-order valence-electron chi connectivity index (χ2n) is 4.85. The van der Waals surface area contributed by atoms with Crippen LogP contribution in [0.1, 0.15) is 21.7 Å². The van der Waals surface area contributed by atoms with Gasteiger partial charge < -0.3 is 9.67 Å². The predicted molar refractivity (Wildman–Crippen MR) is 76.9 cm³/mol. The number of hydrogen-bond acceptors (Lipinski definition) is 2. The zero-order valence-corrected chi connectivity index (χ0v) is 11.4. The summed E-state index contributed by atoms with van der Waals surface area (Å²) in [4.78, 5) is 15.3. The van der Waals surface area contributed by atoms with Gasteiger partial charge in [0.1, 0.15) is 11.6 Å². The van der Waals surface area contributed by atoms with Crippen molar-refractivity contribution in [2.75, 3.05) is 0 Å². The number of aromatic nitrogens is 2. The molecule has 0 radical (unpaired) electrons. The van der Waals surface area contributed by atoms with Crippen LogP contribution in [0.3, 0.4) is 0 Å². The number of hydrogen-bond donors (Lipinski definition) is 1. The van der Waals surface area contributed by atoms with E-state index in [1.165, 1.54) is 12.1 Å². The van der Waals surface area contributed by atoms with Crippen LogP contribution in [0.4, 0.5) is 4.39 Å². The van der Waals surface area contributed by atoms with Gasteiger partial charge in [-0.05, 0) is 36.8 Å². The maximum Gasteiger partial charge on any atom is 0.338 e. The van der Waals surface area contributed by atoms with Gasteiger partial charge in [-0.25, -0.2) is 14.2 Å². The number of rotatable bonds is 3. The largest absolute Gasteiger partial charge is 0.478 e. The van der Waals surface area contributed by atoms with Crippen LogP contribution in [0.25, 0.3) is 11.0 Å². The van der Waals surface area contributed by atoms with E-state index in [0.29, 0.717) is 12.1 Å². The lowest BCUT2D eigenvalue weighted by Gasteiger charge is -2.08. The summed E-state index contributed by atoms with van der Waals surface area (Å²) in [6, 6.07) is 11.9. The molecule has 2 aromatic carbocycles. The molecule has 0 saturated carbocycles. The van der Waals surface area contributed by atoms with Crippen molar-refractivity contribution in [3.05, 3.63) is 65.2 Å². The molecule has 5 heteroatoms. The van der Waals surface area contributed by atoms with E-state index >= 15 is 0 Å². The lowest BCUT2D eigenvalue weighted by molar-refractivity contribution is 0.0692. The molecule has 3 rings (SSSR count). The van der Waals surface area contributed by atoms with Gasteiger partial charge in [-0.3, -0.25) is 0 Å². The van der Waals surface area contributed by atoms with Crippen molar-refractivity contribution >= 4 is 17.0 Å². The van der Waals surface area contributed by atoms with E-state index in [1.807, 2.05) is 35.8 Å². The van der Waals surface area contributed by atoms with E-state index in [4.69, 9.17) is 5.11 Å². The average Bonchev–Trinajstić information content (AvgIpc) is 2.75. The third-order valence-corrected chi connectivity index (χ3v) is 3.45. The zero-order valence-electron chi connectivity index (χ0n) is 11.4. The maximum atomic E-state index is 13.7. The van der Waals surface area contributed by atoms with Crippen LogP contribution in [0.5, 0.6) is 0 Å². The van der Waals surface area contributed by atoms with Gasteiger partial charge in [0.2, 0.25) is 0 Å². The molecule has 0 fully saturated rings. The van der Waals surface area contributed by atoms with Crippen LogP contribution in [0.2, 0.25) is 0 Å². The molecule has 1 aromatic heterocycles. The Morgan fingerprint density at radius 2 is 2.05 bits per heavy atom. The van der Waals surface area contributed by atoms with Gasteiger partial charge in [-0.2, -0.15) is 0 Å². The number of carboxylic acids is 1. The number of nitrogens with zero attached hydrogens (tertiary/aromatic N) is 2. The minimum atomic E-state index is -1.26. The van der Waals surface area contributed by atoms with E-state index in [2.05, 4.69) is 4.98 Å². The SMILES string of the molecule is Cc1nc2ccccc2n1Cc1ccc(C(=O)O)c(F)c1. The first kappa shape index (κ1) is 13.3. The van der Waals surface area contributed by atoms with Crippen LogP contribution in [0.15, 0.2) is 42.5 Å². The number of aromatic carboxylic acids is 1. The Morgan fingerprint density at radius 1 is 1.29 bits per heavy atom. The molecule has 0 unspecified atom stereocenters. The molecule has 4 nitrogen and oxygen atoms in total. The lowest BCUT2D eigenvalue weighted by atomic mass is 10.1. The van der Waals surface area contributed by atoms with Crippen LogP contribution >= 0.6 is 0 Å². The number of halogens is 1. The number of imidazole rings is 1. The summed E-state index contributed by atoms with van der Waals surface area (Å²) in [5.41, 5.74) is 2.24. The lowest BCUT2D eigenvalue weighted by Crippen LogP contribution is -2.05. The predicted octanol–water partition coefficient (Wildman–Crippen LogP) is 3.23. The van der Waals surface area contributed by atoms with E-state index in [1.54, 1.807) is 6.07 Å². The third-order valence-electron chi connectivity index (χ3n) is 3.45. The van der Waals surface area contributed by atoms with E-state index < -0.39 is 11.8 Å². The Kier molecular flexibility index (Phi) is 3.17. The number of fused-ring (bicyclic) bond motifs is 1. The highest BCUT2D eigenvalue weighted by Gasteiger charge is 2.12. The summed E-state index contributed by atoms with van der Waals surface area (Å²) in [5, 5.41) is 8.84. The summed E-state index contributed by atoms with van der Waals surface area (Å²) in [6.45, 7) is 2.34. The standard InChI is InChI=1S/C16H13FN2O2/c1-10-18-14-4-2-3-5-15(14)19(10)9-11-6-7-12(16(20)21)13(17)8-11/h2-8H,9H2,1H3,(H,20,21). The third kappa shape index (κ3) is 2.38. The molecule has 0 aliphatic heterocycles. The highest BCUT2D eigenvalue weighted by molar-refractivity contribution is 5.87. The minimum absolute atomic E-state index is 0.314. The molecule has 0 saturated heterocycles. The summed E-state index contributed by atoms with van der Waals surface area (Å²) in [7, 11) is 0. The Labute approximate surface area is 120 Å². The number of aryl methyl sites for hydroxylation is 1. The normalized spacial score (nSPS) is 11.0. The summed E-state index contributed by atoms with van der Waals surface area (Å²) < 4.78 is 15.7. The van der Waals surface area contributed by atoms with Crippen molar-refractivity contribution in [3.63, 3.8) is 0 Å². The van der Waals surface area contributed by atoms with Crippen molar-refractivity contribution in [2.45, 2.75) is 13.5 Å². The fraction of sp³-hybridized carbons (Fsp3) is 0.125. The van der Waals surface area contributed by atoms with Crippen LogP contribution in [0, 0.1) is 12.7 Å². The van der Waals surface area contributed by atoms with Crippen molar-refractivity contribution in [1.82, 2.24) is 9.55 Å². The first-order valence-corrected chi connectivity index (χ1v) is 6.50. The van der Waals surface area contributed by atoms with Gasteiger partial charge in [0, 0.05) is 6.54 Å². The summed E-state index contributed by atoms with van der Waals surface area (Å²) in [6.07, 6.45) is 0. The van der Waals surface area contributed by atoms with Gasteiger partial charge in [0.05, 0.1) is 16.6 Å². The Balaban J connectivity index is 2.01. The molecule has 3 aromatic rings. The quantitative estimate of drug-likeness (QED) is 0.803. The molecule has 0 aliphatic rings. The number of carboxylic acid groups (broad SMARTS) is 1. The van der Waals surface area contributed by atoms with Gasteiger partial charge >= 0.3 is 5.97 Å². The van der Waals surface area contributed by atoms with E-state index in [0.717, 1.165) is 16.9 Å². The highest BCUT2D eigenvalue weighted by Crippen LogP contribution is 2.18. The van der Waals surface area contributed by atoms with Crippen LogP contribution in [-0.4, -0.2) is 20.6 Å². The first-order chi connectivity index (χ1) is 10.1. The Morgan fingerprint density at radius 3 is 2.76 bits per heavy atom. The Bertz CT molecular complexity index is 839. The minimum Gasteiger partial charge on any atom is -0.478 e. The molecule has 0 amide bonds. The van der Waals surface area contributed by atoms with Gasteiger partial charge in [0.15, 0.2) is 0 Å². The average molecular weight is 284 g/mol. The van der Waals surface area contributed by atoms with Gasteiger partial charge in [0.25, 0.3) is 0 Å². The fourth-order valence-electron chi connectivity index (χ4n) is 2.41. The molecule has 1 N–H and O–H groups in total. The Hall–Kier alpha value is -2.69. The summed E-state index contributed by atoms with van der Waals surface area (Å²) >= 11 is 0. The second kappa shape index (κ2) is 5.01. The van der Waals surface area contributed by atoms with Gasteiger partial charge in [-0.1, -0.05) is 18.2 Å². The van der Waals surface area contributed by atoms with Crippen molar-refractivity contribution in [1.29, 1.82) is 0 Å². The molecule has 106 valence electrons. The zero-order chi connectivity index (χ0) is 15.0. The van der Waals surface area contributed by atoms with E-state index in [-0.39, 0.29) is 5.56 Å². The molecule has 0 aliphatic carbocycles. The van der Waals surface area contributed by atoms with E-state index in [9.17, 15) is 9.18 Å². The molecular weight excluding hydrogens is 271 g/mol. The first-order valence-electron chi connectivity index (χ1n) is 6.50. The molecule has 0 atom stereocenters. The molecule has 0 spiro atoms. The number of carbonyl (C=O) groups is 1. The highest BCUT2D eigenvalue weighted by atomic mass is 19.1. The second-order valence-corrected chi connectivity index (χ2v) is 4.85. The van der Waals surface area contributed by atoms with Crippen molar-refractivity contribution in [3.8, 4) is 0 Å². The molecule has 0 bridgehead atoms. The molecule has 21 heavy (non-hydrogen) atoms. The topological polar surface area (TPSA) is 55.1 Å². The van der Waals surface area contributed by atoms with Crippen molar-refractivity contribution in [2.24, 2.45) is 0 Å². The smallest absolute Gasteiger partial charge is 0.338 e. The fourth-order valence-corrected chi connectivity index (χ4v) is 2.41. The van der Waals surface area contributed by atoms with Crippen LogP contribution in [-0.2, 0) is 6.54 Å². The number of para-hydroxylation sites is 2. The number of benzene rings is 2.